The first-order valence-electron chi connectivity index (χ1n) is 6.16. The maximum atomic E-state index is 14.3. The van der Waals surface area contributed by atoms with Crippen molar-refractivity contribution in [2.45, 2.75) is 18.5 Å². The Morgan fingerprint density at radius 3 is 2.75 bits per heavy atom. The van der Waals surface area contributed by atoms with E-state index in [-0.39, 0.29) is 12.3 Å². The molecule has 1 aromatic carbocycles. The highest BCUT2D eigenvalue weighted by molar-refractivity contribution is 5.86. The second kappa shape index (κ2) is 5.32. The highest BCUT2D eigenvalue weighted by atomic mass is 19.1. The van der Waals surface area contributed by atoms with Gasteiger partial charge in [-0.3, -0.25) is 4.79 Å². The summed E-state index contributed by atoms with van der Waals surface area (Å²) in [5, 5.41) is 7.27. The normalized spacial score (nSPS) is 16.6. The van der Waals surface area contributed by atoms with Crippen LogP contribution in [0.5, 0.6) is 5.75 Å². The molecule has 0 bridgehead atoms. The third-order valence-electron chi connectivity index (χ3n) is 3.19. The summed E-state index contributed by atoms with van der Waals surface area (Å²) in [7, 11) is 0. The minimum Gasteiger partial charge on any atom is -0.487 e. The van der Waals surface area contributed by atoms with Gasteiger partial charge in [0.15, 0.2) is 0 Å². The molecule has 0 radical (unpaired) electrons. The average Bonchev–Trinajstić information content (AvgIpc) is 3.15. The van der Waals surface area contributed by atoms with Gasteiger partial charge in [0.25, 0.3) is 0 Å². The van der Waals surface area contributed by atoms with E-state index in [1.54, 1.807) is 0 Å². The molecule has 20 heavy (non-hydrogen) atoms. The quantitative estimate of drug-likeness (QED) is 0.318. The topological polar surface area (TPSA) is 102 Å². The molecule has 1 aliphatic carbocycles. The van der Waals surface area contributed by atoms with Crippen molar-refractivity contribution in [1.29, 1.82) is 5.41 Å². The summed E-state index contributed by atoms with van der Waals surface area (Å²) in [5.41, 5.74) is 11.3. The lowest BCUT2D eigenvalue weighted by Crippen LogP contribution is -2.12. The summed E-state index contributed by atoms with van der Waals surface area (Å²) in [6.07, 6.45) is 3.66. The van der Waals surface area contributed by atoms with Crippen LogP contribution in [-0.2, 0) is 10.5 Å². The van der Waals surface area contributed by atoms with E-state index in [4.69, 9.17) is 21.6 Å². The van der Waals surface area contributed by atoms with E-state index >= 15 is 0 Å². The molecule has 2 rings (SSSR count). The van der Waals surface area contributed by atoms with Crippen LogP contribution in [0.1, 0.15) is 24.0 Å². The number of carbonyl (C=O) groups is 1. The fraction of sp³-hybridized carbons (Fsp3) is 0.286. The van der Waals surface area contributed by atoms with E-state index < -0.39 is 5.67 Å². The number of rotatable bonds is 6. The highest BCUT2D eigenvalue weighted by Crippen LogP contribution is 2.53. The van der Waals surface area contributed by atoms with Crippen molar-refractivity contribution in [2.75, 3.05) is 12.3 Å². The second-order valence-corrected chi connectivity index (χ2v) is 4.75. The Kier molecular flexibility index (Phi) is 3.74. The lowest BCUT2D eigenvalue weighted by atomic mass is 10.0. The molecule has 0 saturated heterocycles. The van der Waals surface area contributed by atoms with E-state index in [0.717, 1.165) is 6.21 Å². The lowest BCUT2D eigenvalue weighted by Gasteiger charge is -2.16. The Morgan fingerprint density at radius 2 is 2.20 bits per heavy atom. The molecule has 0 aliphatic heterocycles. The van der Waals surface area contributed by atoms with Gasteiger partial charge in [0, 0.05) is 40.9 Å². The van der Waals surface area contributed by atoms with Gasteiger partial charge in [0.1, 0.15) is 24.3 Å². The number of allylic oxidation sites excluding steroid dienone is 1. The summed E-state index contributed by atoms with van der Waals surface area (Å²) < 4.78 is 19.8. The largest absolute Gasteiger partial charge is 0.487 e. The molecule has 1 saturated carbocycles. The van der Waals surface area contributed by atoms with E-state index in [1.807, 2.05) is 0 Å². The van der Waals surface area contributed by atoms with Gasteiger partial charge in [-0.05, 0) is 18.9 Å². The first-order chi connectivity index (χ1) is 9.50. The standard InChI is InChI=1S/C14H16FN3O2/c15-14(2-3-14)11-5-9(7-16)12(18)6-13(11)20-8-10(17)1-4-19/h1,4-7,16H,2-3,8,17-18H2/b10-1-,16-7?. The smallest absolute Gasteiger partial charge is 0.144 e. The molecule has 1 aliphatic rings. The maximum absolute atomic E-state index is 14.3. The number of aldehydes is 1. The fourth-order valence-electron chi connectivity index (χ4n) is 1.88. The number of hydrogen-bond acceptors (Lipinski definition) is 5. The number of alkyl halides is 1. The van der Waals surface area contributed by atoms with Gasteiger partial charge in [0.2, 0.25) is 0 Å². The van der Waals surface area contributed by atoms with Gasteiger partial charge in [-0.25, -0.2) is 4.39 Å². The van der Waals surface area contributed by atoms with Crippen molar-refractivity contribution in [2.24, 2.45) is 5.73 Å². The number of nitrogen functional groups attached to an aromatic ring is 1. The summed E-state index contributed by atoms with van der Waals surface area (Å²) in [6.45, 7) is -0.0226. The van der Waals surface area contributed by atoms with E-state index in [1.165, 1.54) is 18.2 Å². The van der Waals surface area contributed by atoms with Gasteiger partial charge >= 0.3 is 0 Å². The van der Waals surface area contributed by atoms with Crippen LogP contribution in [0, 0.1) is 5.41 Å². The van der Waals surface area contributed by atoms with E-state index in [2.05, 4.69) is 0 Å². The number of benzene rings is 1. The third kappa shape index (κ3) is 2.79. The second-order valence-electron chi connectivity index (χ2n) is 4.75. The number of nitrogens with one attached hydrogen (secondary N) is 1. The number of hydrogen-bond donors (Lipinski definition) is 3. The predicted octanol–water partition coefficient (Wildman–Crippen LogP) is 1.65. The number of ether oxygens (including phenoxy) is 1. The zero-order valence-electron chi connectivity index (χ0n) is 10.9. The summed E-state index contributed by atoms with van der Waals surface area (Å²) in [5.74, 6) is 0.301. The molecule has 0 spiro atoms. The Balaban J connectivity index is 2.31. The summed E-state index contributed by atoms with van der Waals surface area (Å²) in [6, 6.07) is 3.02. The van der Waals surface area contributed by atoms with E-state index in [0.29, 0.717) is 41.7 Å². The molecular formula is C14H16FN3O2. The Labute approximate surface area is 115 Å². The van der Waals surface area contributed by atoms with Crippen molar-refractivity contribution in [1.82, 2.24) is 0 Å². The molecule has 5 nitrogen and oxygen atoms in total. The van der Waals surface area contributed by atoms with Crippen molar-refractivity contribution < 1.29 is 13.9 Å². The number of halogens is 1. The fourth-order valence-corrected chi connectivity index (χ4v) is 1.88. The first-order valence-corrected chi connectivity index (χ1v) is 6.16. The Morgan fingerprint density at radius 1 is 1.50 bits per heavy atom. The minimum atomic E-state index is -1.41. The Bertz CT molecular complexity index is 580. The molecule has 0 heterocycles. The predicted molar refractivity (Wildman–Crippen MR) is 74.6 cm³/mol. The summed E-state index contributed by atoms with van der Waals surface area (Å²) >= 11 is 0. The number of nitrogens with two attached hydrogens (primary N) is 2. The van der Waals surface area contributed by atoms with Crippen LogP contribution in [0.2, 0.25) is 0 Å². The zero-order chi connectivity index (χ0) is 14.8. The van der Waals surface area contributed by atoms with Gasteiger partial charge in [-0.1, -0.05) is 0 Å². The van der Waals surface area contributed by atoms with Crippen LogP contribution in [0.15, 0.2) is 23.9 Å². The van der Waals surface area contributed by atoms with Crippen molar-refractivity contribution >= 4 is 18.2 Å². The molecule has 0 unspecified atom stereocenters. The molecule has 1 aromatic rings. The van der Waals surface area contributed by atoms with Crippen molar-refractivity contribution in [3.63, 3.8) is 0 Å². The van der Waals surface area contributed by atoms with Crippen LogP contribution in [0.4, 0.5) is 10.1 Å². The molecule has 0 atom stereocenters. The monoisotopic (exact) mass is 277 g/mol. The third-order valence-corrected chi connectivity index (χ3v) is 3.19. The van der Waals surface area contributed by atoms with Crippen LogP contribution < -0.4 is 16.2 Å². The molecule has 0 amide bonds. The minimum absolute atomic E-state index is 0.0226. The highest BCUT2D eigenvalue weighted by Gasteiger charge is 2.47. The van der Waals surface area contributed by atoms with Crippen LogP contribution in [0.25, 0.3) is 0 Å². The lowest BCUT2D eigenvalue weighted by molar-refractivity contribution is -0.104. The molecule has 106 valence electrons. The van der Waals surface area contributed by atoms with Crippen molar-refractivity contribution in [3.8, 4) is 5.75 Å². The molecule has 0 aromatic heterocycles. The van der Waals surface area contributed by atoms with Gasteiger partial charge in [-0.15, -0.1) is 0 Å². The number of anilines is 1. The van der Waals surface area contributed by atoms with Gasteiger partial charge in [-0.2, -0.15) is 0 Å². The first kappa shape index (κ1) is 14.0. The Hall–Kier alpha value is -2.37. The maximum Gasteiger partial charge on any atom is 0.144 e. The molecular weight excluding hydrogens is 261 g/mol. The summed E-state index contributed by atoms with van der Waals surface area (Å²) in [4.78, 5) is 10.3. The van der Waals surface area contributed by atoms with Crippen LogP contribution >= 0.6 is 0 Å². The SMILES string of the molecule is N=Cc1cc(C2(F)CC2)c(OC/C(N)=C/C=O)cc1N. The van der Waals surface area contributed by atoms with E-state index in [9.17, 15) is 9.18 Å². The zero-order valence-corrected chi connectivity index (χ0v) is 10.9. The van der Waals surface area contributed by atoms with Crippen LogP contribution in [-0.4, -0.2) is 19.1 Å². The molecule has 5 N–H and O–H groups in total. The van der Waals surface area contributed by atoms with Gasteiger partial charge < -0.3 is 21.6 Å². The molecule has 1 fully saturated rings. The van der Waals surface area contributed by atoms with Crippen molar-refractivity contribution in [3.05, 3.63) is 35.0 Å². The van der Waals surface area contributed by atoms with Crippen LogP contribution in [0.3, 0.4) is 0 Å². The van der Waals surface area contributed by atoms with Gasteiger partial charge in [0.05, 0.1) is 0 Å². The molecule has 6 heteroatoms. The average molecular weight is 277 g/mol. The number of carbonyl (C=O) groups excluding carboxylic acids is 1.